The van der Waals surface area contributed by atoms with Crippen LogP contribution in [0.1, 0.15) is 82.4 Å². The van der Waals surface area contributed by atoms with Crippen LogP contribution in [0.5, 0.6) is 0 Å². The van der Waals surface area contributed by atoms with E-state index in [0.717, 1.165) is 30.4 Å². The highest BCUT2D eigenvalue weighted by atomic mass is 35.5. The molecule has 5 atom stereocenters. The van der Waals surface area contributed by atoms with E-state index in [1.54, 1.807) is 0 Å². The third kappa shape index (κ3) is 5.48. The molecule has 0 aromatic heterocycles. The molecule has 1 aliphatic heterocycles. The van der Waals surface area contributed by atoms with Crippen molar-refractivity contribution in [2.45, 2.75) is 82.9 Å². The molecule has 2 aromatic rings. The molecule has 0 spiro atoms. The highest BCUT2D eigenvalue weighted by Gasteiger charge is 2.52. The molecule has 1 N–H and O–H groups in total. The normalized spacial score (nSPS) is 27.4. The van der Waals surface area contributed by atoms with Crippen molar-refractivity contribution in [3.63, 3.8) is 0 Å². The fourth-order valence-electron chi connectivity index (χ4n) is 6.08. The molecule has 0 radical (unpaired) electrons. The van der Waals surface area contributed by atoms with Crippen LogP contribution < -0.4 is 0 Å². The second-order valence-electron chi connectivity index (χ2n) is 11.0. The molecular weight excluding hydrogens is 477 g/mol. The van der Waals surface area contributed by atoms with Crippen molar-refractivity contribution >= 4 is 29.1 Å². The largest absolute Gasteiger partial charge is 0.390 e. The average molecular weight is 515 g/mol. The quantitative estimate of drug-likeness (QED) is 0.345. The zero-order chi connectivity index (χ0) is 25.4. The first-order valence-corrected chi connectivity index (χ1v) is 13.5. The smallest absolute Gasteiger partial charge is 0.229 e. The number of carbonyl (C=O) groups is 1. The summed E-state index contributed by atoms with van der Waals surface area (Å²) in [6.07, 6.45) is 6.59. The summed E-state index contributed by atoms with van der Waals surface area (Å²) in [6.45, 7) is 10.1. The molecular formula is C30H37Cl2NO2. The van der Waals surface area contributed by atoms with E-state index < -0.39 is 11.0 Å². The van der Waals surface area contributed by atoms with E-state index in [-0.39, 0.29) is 23.9 Å². The lowest BCUT2D eigenvalue weighted by Crippen LogP contribution is -2.56. The number of hydrogen-bond acceptors (Lipinski definition) is 2. The van der Waals surface area contributed by atoms with Crippen molar-refractivity contribution in [1.82, 2.24) is 4.90 Å². The molecule has 1 unspecified atom stereocenters. The van der Waals surface area contributed by atoms with Crippen molar-refractivity contribution in [3.05, 3.63) is 82.4 Å². The molecule has 35 heavy (non-hydrogen) atoms. The number of likely N-dealkylation sites (tertiary alicyclic amines) is 1. The Kier molecular flexibility index (Phi) is 7.71. The Balaban J connectivity index is 1.87. The van der Waals surface area contributed by atoms with Crippen LogP contribution >= 0.6 is 23.2 Å². The van der Waals surface area contributed by atoms with Gasteiger partial charge in [-0.1, -0.05) is 67.4 Å². The third-order valence-corrected chi connectivity index (χ3v) is 8.64. The lowest BCUT2D eigenvalue weighted by Gasteiger charge is -2.53. The van der Waals surface area contributed by atoms with E-state index >= 15 is 0 Å². The van der Waals surface area contributed by atoms with Gasteiger partial charge in [0, 0.05) is 22.0 Å². The van der Waals surface area contributed by atoms with Gasteiger partial charge in [0.2, 0.25) is 5.91 Å². The van der Waals surface area contributed by atoms with Gasteiger partial charge >= 0.3 is 0 Å². The van der Waals surface area contributed by atoms with Gasteiger partial charge in [-0.3, -0.25) is 4.79 Å². The van der Waals surface area contributed by atoms with E-state index in [4.69, 9.17) is 23.2 Å². The van der Waals surface area contributed by atoms with Gasteiger partial charge in [0.15, 0.2) is 0 Å². The minimum Gasteiger partial charge on any atom is -0.390 e. The second kappa shape index (κ2) is 10.3. The number of rotatable bonds is 9. The summed E-state index contributed by atoms with van der Waals surface area (Å²) in [5, 5.41) is 12.7. The topological polar surface area (TPSA) is 40.5 Å². The van der Waals surface area contributed by atoms with Crippen LogP contribution in [0.25, 0.3) is 0 Å². The number of halogens is 2. The number of piperidine rings is 1. The van der Waals surface area contributed by atoms with Gasteiger partial charge in [0.1, 0.15) is 0 Å². The fraction of sp³-hybridized carbons (Fsp3) is 0.500. The zero-order valence-corrected chi connectivity index (χ0v) is 22.5. The molecule has 0 bridgehead atoms. The Bertz CT molecular complexity index is 1060. The van der Waals surface area contributed by atoms with Crippen LogP contribution in [0.2, 0.25) is 10.0 Å². The van der Waals surface area contributed by atoms with Crippen molar-refractivity contribution in [1.29, 1.82) is 0 Å². The summed E-state index contributed by atoms with van der Waals surface area (Å²) >= 11 is 12.7. The first-order valence-electron chi connectivity index (χ1n) is 12.8. The SMILES string of the molecule is C=CC[C@@]1(C)C[C@H](c2cccc(Cl)c2)C(c2ccc(Cl)cc2)N([C@@H](CC)C[C@](C)(O)C2CC2)C1=O. The minimum absolute atomic E-state index is 0.0393. The summed E-state index contributed by atoms with van der Waals surface area (Å²) in [6, 6.07) is 15.6. The van der Waals surface area contributed by atoms with Gasteiger partial charge in [0.25, 0.3) is 0 Å². The number of amides is 1. The fourth-order valence-corrected chi connectivity index (χ4v) is 6.40. The number of nitrogens with zero attached hydrogens (tertiary/aromatic N) is 1. The minimum atomic E-state index is -0.788. The average Bonchev–Trinajstić information content (AvgIpc) is 3.67. The first kappa shape index (κ1) is 26.3. The summed E-state index contributed by atoms with van der Waals surface area (Å²) < 4.78 is 0. The van der Waals surface area contributed by atoms with Crippen molar-refractivity contribution in [2.75, 3.05) is 0 Å². The van der Waals surface area contributed by atoms with Crippen LogP contribution in [-0.2, 0) is 4.79 Å². The van der Waals surface area contributed by atoms with Gasteiger partial charge in [-0.25, -0.2) is 0 Å². The Morgan fingerprint density at radius 1 is 1.17 bits per heavy atom. The van der Waals surface area contributed by atoms with Gasteiger partial charge in [0.05, 0.1) is 17.1 Å². The molecule has 188 valence electrons. The van der Waals surface area contributed by atoms with Crippen molar-refractivity contribution < 1.29 is 9.90 Å². The number of carbonyl (C=O) groups excluding carboxylic acids is 1. The molecule has 1 saturated carbocycles. The van der Waals surface area contributed by atoms with Crippen LogP contribution in [-0.4, -0.2) is 27.6 Å². The zero-order valence-electron chi connectivity index (χ0n) is 21.0. The molecule has 1 saturated heterocycles. The van der Waals surface area contributed by atoms with Crippen LogP contribution in [0.3, 0.4) is 0 Å². The molecule has 1 aliphatic carbocycles. The Morgan fingerprint density at radius 2 is 1.86 bits per heavy atom. The van der Waals surface area contributed by atoms with Gasteiger partial charge in [-0.2, -0.15) is 0 Å². The number of aliphatic hydroxyl groups is 1. The first-order chi connectivity index (χ1) is 16.6. The third-order valence-electron chi connectivity index (χ3n) is 8.16. The number of benzene rings is 2. The maximum Gasteiger partial charge on any atom is 0.229 e. The van der Waals surface area contributed by atoms with Gasteiger partial charge < -0.3 is 10.0 Å². The van der Waals surface area contributed by atoms with Gasteiger partial charge in [-0.05, 0) is 86.8 Å². The predicted molar refractivity (Wildman–Crippen MR) is 145 cm³/mol. The van der Waals surface area contributed by atoms with E-state index in [2.05, 4.69) is 31.4 Å². The molecule has 2 fully saturated rings. The summed E-state index contributed by atoms with van der Waals surface area (Å²) in [5.41, 5.74) is 0.798. The number of allylic oxidation sites excluding steroid dienone is 1. The Morgan fingerprint density at radius 3 is 2.43 bits per heavy atom. The summed E-state index contributed by atoms with van der Waals surface area (Å²) in [7, 11) is 0. The van der Waals surface area contributed by atoms with Crippen molar-refractivity contribution in [3.8, 4) is 0 Å². The monoisotopic (exact) mass is 513 g/mol. The summed E-state index contributed by atoms with van der Waals surface area (Å²) in [5.74, 6) is 0.486. The Labute approximate surface area is 220 Å². The van der Waals surface area contributed by atoms with Crippen LogP contribution in [0.4, 0.5) is 0 Å². The van der Waals surface area contributed by atoms with Crippen LogP contribution in [0.15, 0.2) is 61.2 Å². The maximum atomic E-state index is 14.3. The molecule has 2 aliphatic rings. The van der Waals surface area contributed by atoms with E-state index in [9.17, 15) is 9.90 Å². The Hall–Kier alpha value is -1.81. The molecule has 2 aromatic carbocycles. The molecule has 4 rings (SSSR count). The molecule has 1 amide bonds. The van der Waals surface area contributed by atoms with E-state index in [0.29, 0.717) is 35.2 Å². The second-order valence-corrected chi connectivity index (χ2v) is 11.9. The number of hydrogen-bond donors (Lipinski definition) is 1. The van der Waals surface area contributed by atoms with Crippen molar-refractivity contribution in [2.24, 2.45) is 11.3 Å². The molecule has 3 nitrogen and oxygen atoms in total. The lowest BCUT2D eigenvalue weighted by atomic mass is 9.66. The van der Waals surface area contributed by atoms with E-state index in [1.807, 2.05) is 55.5 Å². The maximum absolute atomic E-state index is 14.3. The highest BCUT2D eigenvalue weighted by Crippen LogP contribution is 2.53. The standard InChI is InChI=1S/C30H37Cl2NO2/c1-5-16-29(3)19-26(21-8-7-9-24(32)17-21)27(20-10-14-23(31)15-11-20)33(28(29)34)25(6-2)18-30(4,35)22-12-13-22/h5,7-11,14-15,17,22,25-27,35H,1,6,12-13,16,18-19H2,2-4H3/t25-,26+,27?,29-,30-/m0/s1. The highest BCUT2D eigenvalue weighted by molar-refractivity contribution is 6.30. The molecule has 1 heterocycles. The molecule has 5 heteroatoms. The van der Waals surface area contributed by atoms with Crippen LogP contribution in [0, 0.1) is 11.3 Å². The van der Waals surface area contributed by atoms with E-state index in [1.165, 1.54) is 0 Å². The predicted octanol–water partition coefficient (Wildman–Crippen LogP) is 7.96. The van der Waals surface area contributed by atoms with Gasteiger partial charge in [-0.15, -0.1) is 6.58 Å². The lowest BCUT2D eigenvalue weighted by molar-refractivity contribution is -0.156. The summed E-state index contributed by atoms with van der Waals surface area (Å²) in [4.78, 5) is 16.4.